The molecule has 0 radical (unpaired) electrons. The molecule has 0 spiro atoms. The number of benzene rings is 2. The second kappa shape index (κ2) is 8.87. The Hall–Kier alpha value is -1.53. The molecule has 28 heavy (non-hydrogen) atoms. The van der Waals surface area contributed by atoms with Gasteiger partial charge in [0, 0.05) is 24.2 Å². The van der Waals surface area contributed by atoms with E-state index in [0.29, 0.717) is 39.8 Å². The van der Waals surface area contributed by atoms with Gasteiger partial charge in [0.25, 0.3) is 5.69 Å². The molecular weight excluding hydrogens is 421 g/mol. The zero-order valence-corrected chi connectivity index (χ0v) is 18.0. The lowest BCUT2D eigenvalue weighted by atomic mass is 10.0. The molecule has 1 unspecified atom stereocenters. The van der Waals surface area contributed by atoms with Crippen molar-refractivity contribution in [2.75, 3.05) is 18.4 Å². The van der Waals surface area contributed by atoms with Crippen LogP contribution in [0, 0.1) is 16.0 Å². The largest absolute Gasteiger partial charge is 0.377 e. The molecule has 1 heterocycles. The topological polar surface area (TPSA) is 58.4 Å². The van der Waals surface area contributed by atoms with E-state index in [9.17, 15) is 10.1 Å². The van der Waals surface area contributed by atoms with Crippen molar-refractivity contribution < 1.29 is 4.92 Å². The van der Waals surface area contributed by atoms with Gasteiger partial charge < -0.3 is 5.32 Å². The number of hydrogen-bond donors (Lipinski definition) is 1. The van der Waals surface area contributed by atoms with E-state index in [4.69, 9.17) is 34.8 Å². The Balaban J connectivity index is 2.02. The summed E-state index contributed by atoms with van der Waals surface area (Å²) in [7, 11) is 0. The molecule has 5 nitrogen and oxygen atoms in total. The van der Waals surface area contributed by atoms with Crippen LogP contribution in [0.3, 0.4) is 0 Å². The SMILES string of the molecule is CC(C)CCN1Cc2cc(Cl)cc([N+](=O)[O-])c2NCC1c1ccc(Cl)c(Cl)c1. The molecule has 1 aliphatic rings. The number of nitrogens with one attached hydrogen (secondary N) is 1. The fourth-order valence-corrected chi connectivity index (χ4v) is 4.03. The highest BCUT2D eigenvalue weighted by molar-refractivity contribution is 6.42. The molecule has 2 aromatic carbocycles. The Morgan fingerprint density at radius 2 is 1.96 bits per heavy atom. The van der Waals surface area contributed by atoms with Gasteiger partial charge in [0.05, 0.1) is 21.0 Å². The van der Waals surface area contributed by atoms with Crippen LogP contribution in [0.25, 0.3) is 0 Å². The number of rotatable bonds is 5. The second-order valence-electron chi connectivity index (χ2n) is 7.44. The van der Waals surface area contributed by atoms with E-state index >= 15 is 0 Å². The maximum Gasteiger partial charge on any atom is 0.294 e. The Kier molecular flexibility index (Phi) is 6.71. The fraction of sp³-hybridized carbons (Fsp3) is 0.400. The van der Waals surface area contributed by atoms with E-state index in [1.807, 2.05) is 12.1 Å². The minimum absolute atomic E-state index is 0.000652. The molecule has 1 aliphatic heterocycles. The van der Waals surface area contributed by atoms with Crippen LogP contribution < -0.4 is 5.32 Å². The van der Waals surface area contributed by atoms with E-state index in [1.165, 1.54) is 6.07 Å². The van der Waals surface area contributed by atoms with E-state index in [2.05, 4.69) is 24.1 Å². The summed E-state index contributed by atoms with van der Waals surface area (Å²) in [6, 6.07) is 8.81. The highest BCUT2D eigenvalue weighted by Gasteiger charge is 2.29. The summed E-state index contributed by atoms with van der Waals surface area (Å²) >= 11 is 18.5. The smallest absolute Gasteiger partial charge is 0.294 e. The molecule has 8 heteroatoms. The summed E-state index contributed by atoms with van der Waals surface area (Å²) in [6.45, 7) is 6.29. The monoisotopic (exact) mass is 441 g/mol. The van der Waals surface area contributed by atoms with Gasteiger partial charge in [0.2, 0.25) is 0 Å². The third-order valence-corrected chi connectivity index (χ3v) is 5.93. The molecule has 150 valence electrons. The lowest BCUT2D eigenvalue weighted by Crippen LogP contribution is -2.32. The van der Waals surface area contributed by atoms with Crippen molar-refractivity contribution in [3.63, 3.8) is 0 Å². The number of halogens is 3. The molecule has 0 amide bonds. The van der Waals surface area contributed by atoms with Crippen LogP contribution in [-0.2, 0) is 6.54 Å². The minimum Gasteiger partial charge on any atom is -0.377 e. The first kappa shape index (κ1) is 21.2. The second-order valence-corrected chi connectivity index (χ2v) is 8.69. The van der Waals surface area contributed by atoms with Gasteiger partial charge in [-0.25, -0.2) is 0 Å². The molecule has 0 saturated carbocycles. The van der Waals surface area contributed by atoms with E-state index in [-0.39, 0.29) is 11.7 Å². The van der Waals surface area contributed by atoms with Crippen molar-refractivity contribution in [2.45, 2.75) is 32.9 Å². The summed E-state index contributed by atoms with van der Waals surface area (Å²) < 4.78 is 0. The van der Waals surface area contributed by atoms with Crippen LogP contribution in [0.15, 0.2) is 30.3 Å². The number of nitrogens with zero attached hydrogens (tertiary/aromatic N) is 2. The van der Waals surface area contributed by atoms with Crippen LogP contribution in [0.1, 0.15) is 37.4 Å². The van der Waals surface area contributed by atoms with Crippen LogP contribution in [-0.4, -0.2) is 22.9 Å². The van der Waals surface area contributed by atoms with Gasteiger partial charge in [-0.15, -0.1) is 0 Å². The summed E-state index contributed by atoms with van der Waals surface area (Å²) in [6.07, 6.45) is 1.01. The van der Waals surface area contributed by atoms with Gasteiger partial charge >= 0.3 is 0 Å². The summed E-state index contributed by atoms with van der Waals surface area (Å²) in [5.74, 6) is 0.541. The number of nitro groups is 1. The third-order valence-electron chi connectivity index (χ3n) is 4.97. The van der Waals surface area contributed by atoms with Crippen molar-refractivity contribution in [1.29, 1.82) is 0 Å². The van der Waals surface area contributed by atoms with Crippen molar-refractivity contribution in [1.82, 2.24) is 4.90 Å². The van der Waals surface area contributed by atoms with E-state index in [0.717, 1.165) is 24.1 Å². The van der Waals surface area contributed by atoms with Crippen molar-refractivity contribution in [2.24, 2.45) is 5.92 Å². The van der Waals surface area contributed by atoms with Crippen LogP contribution >= 0.6 is 34.8 Å². The molecule has 2 aromatic rings. The predicted octanol–water partition coefficient (Wildman–Crippen LogP) is 6.57. The van der Waals surface area contributed by atoms with Crippen LogP contribution in [0.5, 0.6) is 0 Å². The van der Waals surface area contributed by atoms with Crippen LogP contribution in [0.2, 0.25) is 15.1 Å². The van der Waals surface area contributed by atoms with E-state index < -0.39 is 4.92 Å². The van der Waals surface area contributed by atoms with Gasteiger partial charge in [-0.1, -0.05) is 54.7 Å². The average molecular weight is 443 g/mol. The highest BCUT2D eigenvalue weighted by Crippen LogP contribution is 2.38. The quantitative estimate of drug-likeness (QED) is 0.420. The van der Waals surface area contributed by atoms with Crippen molar-refractivity contribution in [3.05, 3.63) is 66.6 Å². The van der Waals surface area contributed by atoms with Gasteiger partial charge in [-0.3, -0.25) is 15.0 Å². The highest BCUT2D eigenvalue weighted by atomic mass is 35.5. The Bertz CT molecular complexity index is 889. The zero-order chi connectivity index (χ0) is 20.4. The molecule has 0 aliphatic carbocycles. The Morgan fingerprint density at radius 3 is 2.61 bits per heavy atom. The summed E-state index contributed by atoms with van der Waals surface area (Å²) in [5.41, 5.74) is 2.38. The van der Waals surface area contributed by atoms with Crippen molar-refractivity contribution in [3.8, 4) is 0 Å². The molecule has 0 fully saturated rings. The lowest BCUT2D eigenvalue weighted by molar-refractivity contribution is -0.384. The summed E-state index contributed by atoms with van der Waals surface area (Å²) in [5, 5.41) is 16.2. The van der Waals surface area contributed by atoms with Gasteiger partial charge in [-0.2, -0.15) is 0 Å². The number of anilines is 1. The van der Waals surface area contributed by atoms with Gasteiger partial charge in [0.15, 0.2) is 0 Å². The van der Waals surface area contributed by atoms with Gasteiger partial charge in [-0.05, 0) is 48.2 Å². The average Bonchev–Trinajstić information content (AvgIpc) is 2.80. The predicted molar refractivity (Wildman–Crippen MR) is 116 cm³/mol. The van der Waals surface area contributed by atoms with E-state index in [1.54, 1.807) is 12.1 Å². The maximum atomic E-state index is 11.5. The Morgan fingerprint density at radius 1 is 1.21 bits per heavy atom. The molecule has 0 bridgehead atoms. The minimum atomic E-state index is -0.393. The number of hydrogen-bond acceptors (Lipinski definition) is 4. The first-order valence-electron chi connectivity index (χ1n) is 9.16. The molecule has 0 aromatic heterocycles. The van der Waals surface area contributed by atoms with Gasteiger partial charge in [0.1, 0.15) is 5.69 Å². The molecule has 1 atom stereocenters. The molecule has 0 saturated heterocycles. The first-order chi connectivity index (χ1) is 13.3. The standard InChI is InChI=1S/C20H22Cl3N3O2/c1-12(2)5-6-25-11-14-7-15(21)9-18(26(27)28)20(14)24-10-19(25)13-3-4-16(22)17(23)8-13/h3-4,7-9,12,19,24H,5-6,10-11H2,1-2H3. The maximum absolute atomic E-state index is 11.5. The summed E-state index contributed by atoms with van der Waals surface area (Å²) in [4.78, 5) is 13.5. The number of fused-ring (bicyclic) bond motifs is 1. The normalized spacial score (nSPS) is 17.1. The third kappa shape index (κ3) is 4.71. The zero-order valence-electron chi connectivity index (χ0n) is 15.7. The lowest BCUT2D eigenvalue weighted by Gasteiger charge is -2.31. The van der Waals surface area contributed by atoms with Crippen molar-refractivity contribution >= 4 is 46.2 Å². The first-order valence-corrected chi connectivity index (χ1v) is 10.3. The number of nitro benzene ring substituents is 1. The molecule has 1 N–H and O–H groups in total. The molecular formula is C20H22Cl3N3O2. The van der Waals surface area contributed by atoms with Crippen LogP contribution in [0.4, 0.5) is 11.4 Å². The molecule has 3 rings (SSSR count). The fourth-order valence-electron chi connectivity index (χ4n) is 3.48. The Labute approximate surface area is 179 Å².